The van der Waals surface area contributed by atoms with E-state index in [2.05, 4.69) is 0 Å². The van der Waals surface area contributed by atoms with Crippen LogP contribution in [0.15, 0.2) is 0 Å². The molecule has 6 rings (SSSR count). The van der Waals surface area contributed by atoms with Crippen LogP contribution in [0.3, 0.4) is 0 Å². The average Bonchev–Trinajstić information content (AvgIpc) is 2.97. The van der Waals surface area contributed by atoms with Crippen LogP contribution < -0.4 is 0 Å². The van der Waals surface area contributed by atoms with Crippen molar-refractivity contribution in [3.05, 3.63) is 0 Å². The van der Waals surface area contributed by atoms with Crippen LogP contribution in [0.2, 0.25) is 0 Å². The van der Waals surface area contributed by atoms with Gasteiger partial charge >= 0.3 is 17.9 Å². The summed E-state index contributed by atoms with van der Waals surface area (Å²) in [5, 5.41) is 0. The Bertz CT molecular complexity index is 1120. The Morgan fingerprint density at radius 2 is 0.953 bits per heavy atom. The van der Waals surface area contributed by atoms with Gasteiger partial charge in [-0.3, -0.25) is 33.6 Å². The first-order valence-corrected chi connectivity index (χ1v) is 15.4. The maximum absolute atomic E-state index is 13.2. The number of Topliss-reactive ketones (excluding diaryl/α,β-unsaturated/α-hetero) is 4. The minimum atomic E-state index is -1.37. The molecule has 0 heterocycles. The number of ketones is 4. The molecule has 0 aromatic rings. The summed E-state index contributed by atoms with van der Waals surface area (Å²) in [6.45, 7) is 7.83. The van der Waals surface area contributed by atoms with E-state index in [1.165, 1.54) is 28.1 Å². The Hall–Kier alpha value is -2.91. The van der Waals surface area contributed by atoms with E-state index in [0.29, 0.717) is 38.5 Å². The Morgan fingerprint density at radius 3 is 1.26 bits per heavy atom. The van der Waals surface area contributed by atoms with Crippen LogP contribution in [-0.2, 0) is 47.8 Å². The van der Waals surface area contributed by atoms with Gasteiger partial charge in [-0.1, -0.05) is 0 Å². The molecule has 6 saturated carbocycles. The van der Waals surface area contributed by atoms with Crippen molar-refractivity contribution in [2.45, 2.75) is 124 Å². The first kappa shape index (κ1) is 34.6. The summed E-state index contributed by atoms with van der Waals surface area (Å²) < 4.78 is 15.1. The zero-order valence-corrected chi connectivity index (χ0v) is 26.9. The smallest absolute Gasteiger partial charge is 0.324 e. The third-order valence-electron chi connectivity index (χ3n) is 10.6. The summed E-state index contributed by atoms with van der Waals surface area (Å²) in [6.07, 6.45) is 7.62. The van der Waals surface area contributed by atoms with Gasteiger partial charge in [0.1, 0.15) is 17.2 Å². The number of carbonyl (C=O) groups is 7. The predicted octanol–water partition coefficient (Wildman–Crippen LogP) is 4.66. The molecule has 0 spiro atoms. The van der Waals surface area contributed by atoms with Crippen molar-refractivity contribution in [2.24, 2.45) is 27.6 Å². The molecule has 6 aliphatic rings. The van der Waals surface area contributed by atoms with Crippen LogP contribution in [0.4, 0.5) is 0 Å². The lowest BCUT2D eigenvalue weighted by molar-refractivity contribution is -0.173. The topological polar surface area (TPSA) is 147 Å². The highest BCUT2D eigenvalue weighted by Crippen LogP contribution is 2.59. The van der Waals surface area contributed by atoms with E-state index in [9.17, 15) is 33.6 Å². The summed E-state index contributed by atoms with van der Waals surface area (Å²) in [4.78, 5) is 84.8. The lowest BCUT2D eigenvalue weighted by atomic mass is 9.51. The van der Waals surface area contributed by atoms with E-state index >= 15 is 0 Å². The number of ether oxygens (including phenoxy) is 3. The Labute approximate surface area is 254 Å². The van der Waals surface area contributed by atoms with Crippen LogP contribution in [-0.4, -0.2) is 60.9 Å². The highest BCUT2D eigenvalue weighted by atomic mass is 16.6. The van der Waals surface area contributed by atoms with Gasteiger partial charge in [-0.05, 0) is 112 Å². The Balaban J connectivity index is 0.000000248. The molecule has 240 valence electrons. The van der Waals surface area contributed by atoms with Gasteiger partial charge in [-0.2, -0.15) is 0 Å². The fraction of sp³-hybridized carbons (Fsp3) is 0.788. The molecule has 0 aromatic heterocycles. The van der Waals surface area contributed by atoms with Gasteiger partial charge in [0.05, 0.1) is 31.5 Å². The first-order valence-electron chi connectivity index (χ1n) is 15.4. The molecule has 0 aromatic carbocycles. The second-order valence-electron chi connectivity index (χ2n) is 14.3. The summed E-state index contributed by atoms with van der Waals surface area (Å²) in [5.74, 6) is -3.30. The van der Waals surface area contributed by atoms with Crippen molar-refractivity contribution < 1.29 is 47.8 Å². The number of methoxy groups -OCH3 is 2. The maximum Gasteiger partial charge on any atom is 0.324 e. The van der Waals surface area contributed by atoms with Crippen LogP contribution in [0.25, 0.3) is 0 Å². The normalized spacial score (nSPS) is 31.5. The maximum atomic E-state index is 13.2. The third kappa shape index (κ3) is 6.93. The minimum Gasteiger partial charge on any atom is -0.469 e. The summed E-state index contributed by atoms with van der Waals surface area (Å²) in [5.41, 5.74) is -2.66. The molecule has 1 atom stereocenters. The number of rotatable bonds is 9. The van der Waals surface area contributed by atoms with E-state index in [1.807, 2.05) is 0 Å². The standard InChI is InChI=1S/C19H28O6.C14H20O4/c1-12(20)13(15(22)25-17(2,3)4)14(21)18-6-9-19(10-7-18,11-8-18)16(23)24-5;1-10(15)9-11(16)13-3-6-14(7-4-13,8-5-13)12(17)18-2/h13H,6-11H2,1-5H3;3-9H2,1-2H3. The van der Waals surface area contributed by atoms with Gasteiger partial charge in [-0.25, -0.2) is 0 Å². The molecule has 0 amide bonds. The van der Waals surface area contributed by atoms with Crippen LogP contribution in [0.5, 0.6) is 0 Å². The molecule has 0 radical (unpaired) electrons. The fourth-order valence-corrected chi connectivity index (χ4v) is 7.74. The molecule has 6 fully saturated rings. The number of carbonyl (C=O) groups excluding carboxylic acids is 7. The number of fused-ring (bicyclic) bond motifs is 6. The lowest BCUT2D eigenvalue weighted by Crippen LogP contribution is -2.53. The SMILES string of the molecule is COC(=O)C12CCC(C(=O)C(C(C)=O)C(=O)OC(C)(C)C)(CC1)CC2.COC(=O)C12CCC(C(=O)CC(C)=O)(CC1)CC2. The molecule has 4 bridgehead atoms. The van der Waals surface area contributed by atoms with E-state index in [4.69, 9.17) is 14.2 Å². The van der Waals surface area contributed by atoms with Gasteiger partial charge in [0.15, 0.2) is 17.5 Å². The number of hydrogen-bond donors (Lipinski definition) is 0. The van der Waals surface area contributed by atoms with Gasteiger partial charge in [-0.15, -0.1) is 0 Å². The molecular weight excluding hydrogens is 556 g/mol. The molecular formula is C33H48O10. The van der Waals surface area contributed by atoms with E-state index in [0.717, 1.165) is 38.5 Å². The summed E-state index contributed by atoms with van der Waals surface area (Å²) in [7, 11) is 2.81. The second-order valence-corrected chi connectivity index (χ2v) is 14.3. The highest BCUT2D eigenvalue weighted by Gasteiger charge is 2.58. The molecule has 0 aliphatic heterocycles. The van der Waals surface area contributed by atoms with Gasteiger partial charge in [0.2, 0.25) is 0 Å². The quantitative estimate of drug-likeness (QED) is 0.207. The molecule has 6 aliphatic carbocycles. The Kier molecular flexibility index (Phi) is 10.1. The number of hydrogen-bond acceptors (Lipinski definition) is 10. The second kappa shape index (κ2) is 12.6. The predicted molar refractivity (Wildman–Crippen MR) is 154 cm³/mol. The molecule has 43 heavy (non-hydrogen) atoms. The van der Waals surface area contributed by atoms with Crippen molar-refractivity contribution in [3.63, 3.8) is 0 Å². The molecule has 10 heteroatoms. The molecule has 1 unspecified atom stereocenters. The van der Waals surface area contributed by atoms with Gasteiger partial charge < -0.3 is 14.2 Å². The van der Waals surface area contributed by atoms with Crippen molar-refractivity contribution >= 4 is 41.0 Å². The molecule has 10 nitrogen and oxygen atoms in total. The van der Waals surface area contributed by atoms with Gasteiger partial charge in [0, 0.05) is 10.8 Å². The fourth-order valence-electron chi connectivity index (χ4n) is 7.74. The van der Waals surface area contributed by atoms with Crippen molar-refractivity contribution in [3.8, 4) is 0 Å². The van der Waals surface area contributed by atoms with Crippen molar-refractivity contribution in [1.82, 2.24) is 0 Å². The lowest BCUT2D eigenvalue weighted by Gasteiger charge is -2.51. The monoisotopic (exact) mass is 604 g/mol. The van der Waals surface area contributed by atoms with Crippen LogP contribution in [0.1, 0.15) is 118 Å². The highest BCUT2D eigenvalue weighted by molar-refractivity contribution is 6.18. The van der Waals surface area contributed by atoms with Crippen LogP contribution >= 0.6 is 0 Å². The van der Waals surface area contributed by atoms with E-state index in [1.54, 1.807) is 20.8 Å². The number of esters is 3. The minimum absolute atomic E-state index is 0.0468. The zero-order chi connectivity index (χ0) is 32.4. The van der Waals surface area contributed by atoms with Crippen molar-refractivity contribution in [2.75, 3.05) is 14.2 Å². The van der Waals surface area contributed by atoms with Crippen LogP contribution in [0, 0.1) is 27.6 Å². The van der Waals surface area contributed by atoms with E-state index in [-0.39, 0.29) is 46.5 Å². The first-order chi connectivity index (χ1) is 19.9. The molecule has 0 saturated heterocycles. The molecule has 0 N–H and O–H groups in total. The van der Waals surface area contributed by atoms with E-state index < -0.39 is 34.1 Å². The summed E-state index contributed by atoms with van der Waals surface area (Å²) in [6, 6.07) is 0. The van der Waals surface area contributed by atoms with Crippen molar-refractivity contribution in [1.29, 1.82) is 0 Å². The third-order valence-corrected chi connectivity index (χ3v) is 10.6. The summed E-state index contributed by atoms with van der Waals surface area (Å²) >= 11 is 0. The average molecular weight is 605 g/mol. The zero-order valence-electron chi connectivity index (χ0n) is 26.9. The van der Waals surface area contributed by atoms with Gasteiger partial charge in [0.25, 0.3) is 0 Å². The largest absolute Gasteiger partial charge is 0.469 e. The Morgan fingerprint density at radius 1 is 0.605 bits per heavy atom.